The average Bonchev–Trinajstić information content (AvgIpc) is 2.79. The number of nitrogens with one attached hydrogen (secondary N) is 1. The molecule has 33 heavy (non-hydrogen) atoms. The second-order valence-corrected chi connectivity index (χ2v) is 7.77. The van der Waals surface area contributed by atoms with E-state index in [-0.39, 0.29) is 11.8 Å². The highest BCUT2D eigenvalue weighted by Crippen LogP contribution is 2.15. The number of rotatable bonds is 8. The molecule has 0 aromatic heterocycles. The highest BCUT2D eigenvalue weighted by atomic mass is 19.4. The molecule has 8 nitrogen and oxygen atoms in total. The minimum Gasteiger partial charge on any atom is -0.475 e. The number of nitrogens with zero attached hydrogens (tertiary/aromatic N) is 3. The van der Waals surface area contributed by atoms with Crippen molar-refractivity contribution in [1.82, 2.24) is 15.1 Å². The number of benzene rings is 1. The summed E-state index contributed by atoms with van der Waals surface area (Å²) in [5.74, 6) is -2.60. The fraction of sp³-hybridized carbons (Fsp3) is 0.591. The SMILES string of the molecule is CCCCN(CCC(=O)N1CCNCC1)C(=O)c1ccc(N(C)C)cc1.O=C(O)C(F)(F)F. The van der Waals surface area contributed by atoms with Crippen molar-refractivity contribution >= 4 is 23.5 Å². The number of unbranched alkanes of at least 4 members (excludes halogenated alkanes) is 1. The van der Waals surface area contributed by atoms with E-state index in [0.29, 0.717) is 25.1 Å². The number of alkyl halides is 3. The fourth-order valence-electron chi connectivity index (χ4n) is 3.05. The summed E-state index contributed by atoms with van der Waals surface area (Å²) in [4.78, 5) is 39.9. The standard InChI is InChI=1S/C20H32N4O2.C2HF3O2/c1-4-5-13-24(14-10-19(25)23-15-11-21-12-16-23)20(26)17-6-8-18(9-7-17)22(2)3;3-2(4,5)1(6)7/h6-9,21H,4-5,10-16H2,1-3H3;(H,6,7). The molecule has 2 N–H and O–H groups in total. The lowest BCUT2D eigenvalue weighted by Crippen LogP contribution is -2.47. The Kier molecular flexibility index (Phi) is 11.7. The number of carbonyl (C=O) groups is 3. The normalized spacial score (nSPS) is 13.6. The van der Waals surface area contributed by atoms with Gasteiger partial charge in [-0.15, -0.1) is 0 Å². The Balaban J connectivity index is 0.000000675. The topological polar surface area (TPSA) is 93.2 Å². The van der Waals surface area contributed by atoms with E-state index < -0.39 is 12.1 Å². The first-order chi connectivity index (χ1) is 15.5. The molecule has 0 spiro atoms. The summed E-state index contributed by atoms with van der Waals surface area (Å²) in [7, 11) is 3.96. The molecule has 0 atom stereocenters. The molecule has 1 heterocycles. The van der Waals surface area contributed by atoms with Gasteiger partial charge in [-0.3, -0.25) is 9.59 Å². The molecule has 1 aromatic carbocycles. The third kappa shape index (κ3) is 10.1. The van der Waals surface area contributed by atoms with Gasteiger partial charge in [-0.05, 0) is 30.7 Å². The predicted molar refractivity (Wildman–Crippen MR) is 119 cm³/mol. The van der Waals surface area contributed by atoms with E-state index >= 15 is 0 Å². The lowest BCUT2D eigenvalue weighted by Gasteiger charge is -2.29. The summed E-state index contributed by atoms with van der Waals surface area (Å²) >= 11 is 0. The molecule has 1 fully saturated rings. The minimum absolute atomic E-state index is 0.0110. The van der Waals surface area contributed by atoms with Gasteiger partial charge in [0.05, 0.1) is 0 Å². The van der Waals surface area contributed by atoms with Gasteiger partial charge in [0.2, 0.25) is 5.91 Å². The van der Waals surface area contributed by atoms with Crippen molar-refractivity contribution in [2.75, 3.05) is 58.3 Å². The molecule has 0 radical (unpaired) electrons. The summed E-state index contributed by atoms with van der Waals surface area (Å²) in [6.45, 7) is 6.50. The number of carboxylic acid groups (broad SMARTS) is 1. The second kappa shape index (κ2) is 13.7. The molecule has 1 saturated heterocycles. The van der Waals surface area contributed by atoms with Crippen LogP contribution in [-0.2, 0) is 9.59 Å². The van der Waals surface area contributed by atoms with Crippen molar-refractivity contribution < 1.29 is 32.7 Å². The number of carbonyl (C=O) groups excluding carboxylic acids is 2. The van der Waals surface area contributed by atoms with E-state index in [4.69, 9.17) is 9.90 Å². The smallest absolute Gasteiger partial charge is 0.475 e. The van der Waals surface area contributed by atoms with E-state index in [9.17, 15) is 22.8 Å². The third-order valence-corrected chi connectivity index (χ3v) is 5.01. The number of hydrogen-bond donors (Lipinski definition) is 2. The van der Waals surface area contributed by atoms with Crippen LogP contribution in [0.25, 0.3) is 0 Å². The van der Waals surface area contributed by atoms with Gasteiger partial charge in [0.1, 0.15) is 0 Å². The molecule has 186 valence electrons. The number of piperazine rings is 1. The van der Waals surface area contributed by atoms with Crippen molar-refractivity contribution in [3.05, 3.63) is 29.8 Å². The molecular weight excluding hydrogens is 441 g/mol. The second-order valence-electron chi connectivity index (χ2n) is 7.77. The molecule has 1 aliphatic rings. The molecule has 1 aliphatic heterocycles. The van der Waals surface area contributed by atoms with Crippen molar-refractivity contribution in [2.45, 2.75) is 32.4 Å². The van der Waals surface area contributed by atoms with Crippen LogP contribution in [0, 0.1) is 0 Å². The molecule has 0 bridgehead atoms. The zero-order valence-electron chi connectivity index (χ0n) is 19.3. The molecule has 0 aliphatic carbocycles. The first kappa shape index (κ1) is 28.2. The van der Waals surface area contributed by atoms with E-state index in [1.807, 2.05) is 53.1 Å². The maximum atomic E-state index is 12.9. The van der Waals surface area contributed by atoms with E-state index in [1.165, 1.54) is 0 Å². The first-order valence-electron chi connectivity index (χ1n) is 10.8. The highest BCUT2D eigenvalue weighted by Gasteiger charge is 2.38. The van der Waals surface area contributed by atoms with Gasteiger partial charge in [0, 0.05) is 71.0 Å². The molecule has 1 aromatic rings. The zero-order valence-corrected chi connectivity index (χ0v) is 19.3. The van der Waals surface area contributed by atoms with Crippen LogP contribution in [0.3, 0.4) is 0 Å². The molecule has 11 heteroatoms. The van der Waals surface area contributed by atoms with Gasteiger partial charge in [0.15, 0.2) is 0 Å². The summed E-state index contributed by atoms with van der Waals surface area (Å²) in [6, 6.07) is 7.65. The first-order valence-corrected chi connectivity index (χ1v) is 10.8. The number of anilines is 1. The molecular formula is C22H33F3N4O4. The van der Waals surface area contributed by atoms with Gasteiger partial charge < -0.3 is 25.1 Å². The van der Waals surface area contributed by atoms with E-state index in [1.54, 1.807) is 0 Å². The lowest BCUT2D eigenvalue weighted by atomic mass is 10.1. The van der Waals surface area contributed by atoms with Crippen LogP contribution in [0.5, 0.6) is 0 Å². The number of aliphatic carboxylic acids is 1. The Morgan fingerprint density at radius 2 is 1.61 bits per heavy atom. The van der Waals surface area contributed by atoms with Crippen LogP contribution in [0.15, 0.2) is 24.3 Å². The number of halogens is 3. The van der Waals surface area contributed by atoms with E-state index in [2.05, 4.69) is 12.2 Å². The zero-order chi connectivity index (χ0) is 25.0. The number of amides is 2. The van der Waals surface area contributed by atoms with Crippen molar-refractivity contribution in [2.24, 2.45) is 0 Å². The van der Waals surface area contributed by atoms with Crippen LogP contribution in [0.2, 0.25) is 0 Å². The predicted octanol–water partition coefficient (Wildman–Crippen LogP) is 2.45. The molecule has 0 saturated carbocycles. The summed E-state index contributed by atoms with van der Waals surface area (Å²) < 4.78 is 31.7. The Bertz CT molecular complexity index is 764. The maximum Gasteiger partial charge on any atom is 0.490 e. The Morgan fingerprint density at radius 1 is 1.06 bits per heavy atom. The van der Waals surface area contributed by atoms with Gasteiger partial charge in [-0.25, -0.2) is 4.79 Å². The maximum absolute atomic E-state index is 12.9. The lowest BCUT2D eigenvalue weighted by molar-refractivity contribution is -0.192. The Morgan fingerprint density at radius 3 is 2.06 bits per heavy atom. The van der Waals surface area contributed by atoms with Crippen molar-refractivity contribution in [3.8, 4) is 0 Å². The molecule has 2 rings (SSSR count). The van der Waals surface area contributed by atoms with Gasteiger partial charge in [0.25, 0.3) is 5.91 Å². The van der Waals surface area contributed by atoms with Crippen molar-refractivity contribution in [1.29, 1.82) is 0 Å². The van der Waals surface area contributed by atoms with Crippen molar-refractivity contribution in [3.63, 3.8) is 0 Å². The monoisotopic (exact) mass is 474 g/mol. The largest absolute Gasteiger partial charge is 0.490 e. The molecule has 2 amide bonds. The Hall–Kier alpha value is -2.82. The highest BCUT2D eigenvalue weighted by molar-refractivity contribution is 5.94. The van der Waals surface area contributed by atoms with Crippen LogP contribution < -0.4 is 10.2 Å². The minimum atomic E-state index is -5.08. The van der Waals surface area contributed by atoms with Gasteiger partial charge in [-0.2, -0.15) is 13.2 Å². The van der Waals surface area contributed by atoms with Gasteiger partial charge >= 0.3 is 12.1 Å². The number of carboxylic acids is 1. The summed E-state index contributed by atoms with van der Waals surface area (Å²) in [6.07, 6.45) is -2.72. The molecule has 0 unspecified atom stereocenters. The fourth-order valence-corrected chi connectivity index (χ4v) is 3.05. The van der Waals surface area contributed by atoms with Gasteiger partial charge in [-0.1, -0.05) is 13.3 Å². The Labute approximate surface area is 192 Å². The number of hydrogen-bond acceptors (Lipinski definition) is 5. The summed E-state index contributed by atoms with van der Waals surface area (Å²) in [5.41, 5.74) is 1.75. The third-order valence-electron chi connectivity index (χ3n) is 5.01. The summed E-state index contributed by atoms with van der Waals surface area (Å²) in [5, 5.41) is 10.4. The van der Waals surface area contributed by atoms with E-state index in [0.717, 1.165) is 44.7 Å². The van der Waals surface area contributed by atoms with Crippen LogP contribution >= 0.6 is 0 Å². The van der Waals surface area contributed by atoms with Crippen LogP contribution in [0.4, 0.5) is 18.9 Å². The van der Waals surface area contributed by atoms with Crippen LogP contribution in [-0.4, -0.2) is 92.2 Å². The van der Waals surface area contributed by atoms with Crippen LogP contribution in [0.1, 0.15) is 36.5 Å². The average molecular weight is 475 g/mol. The quantitative estimate of drug-likeness (QED) is 0.601.